The Balaban J connectivity index is 2.41. The van der Waals surface area contributed by atoms with Crippen LogP contribution in [0.3, 0.4) is 0 Å². The Kier molecular flexibility index (Phi) is 3.62. The maximum Gasteiger partial charge on any atom is 0.179 e. The highest BCUT2D eigenvalue weighted by atomic mass is 35.5. The van der Waals surface area contributed by atoms with Crippen molar-refractivity contribution in [3.05, 3.63) is 20.3 Å². The third kappa shape index (κ3) is 2.56. The van der Waals surface area contributed by atoms with Crippen LogP contribution in [0.15, 0.2) is 0 Å². The van der Waals surface area contributed by atoms with Gasteiger partial charge in [0.2, 0.25) is 0 Å². The average molecular weight is 272 g/mol. The van der Waals surface area contributed by atoms with Crippen LogP contribution < -0.4 is 5.32 Å². The van der Waals surface area contributed by atoms with Crippen molar-refractivity contribution in [2.24, 2.45) is 5.41 Å². The fraction of sp³-hybridized carbons (Fsp3) is 0.615. The smallest absolute Gasteiger partial charge is 0.179 e. The van der Waals surface area contributed by atoms with Gasteiger partial charge in [-0.05, 0) is 31.5 Å². The number of nitrogens with one attached hydrogen (secondary N) is 1. The SMILES string of the molecule is CC(C)(C)C(=O)c1sc2c(c1Cl)CCNCC2. The Morgan fingerprint density at radius 2 is 1.94 bits per heavy atom. The van der Waals surface area contributed by atoms with Crippen molar-refractivity contribution in [2.75, 3.05) is 13.1 Å². The molecule has 0 bridgehead atoms. The van der Waals surface area contributed by atoms with Gasteiger partial charge in [0.25, 0.3) is 0 Å². The zero-order valence-corrected chi connectivity index (χ0v) is 12.1. The molecule has 0 fully saturated rings. The van der Waals surface area contributed by atoms with Crippen LogP contribution in [-0.4, -0.2) is 18.9 Å². The first kappa shape index (κ1) is 13.1. The Labute approximate surface area is 111 Å². The molecule has 0 atom stereocenters. The summed E-state index contributed by atoms with van der Waals surface area (Å²) in [6.45, 7) is 7.76. The molecule has 1 N–H and O–H groups in total. The number of carbonyl (C=O) groups excluding carboxylic acids is 1. The lowest BCUT2D eigenvalue weighted by atomic mass is 9.89. The first-order chi connectivity index (χ1) is 7.91. The summed E-state index contributed by atoms with van der Waals surface area (Å²) in [7, 11) is 0. The standard InChI is InChI=1S/C13H18ClNOS/c1-13(2,3)12(16)11-10(14)8-4-6-15-7-5-9(8)17-11/h15H,4-7H2,1-3H3. The summed E-state index contributed by atoms with van der Waals surface area (Å²) in [5.74, 6) is 0.161. The van der Waals surface area contributed by atoms with Gasteiger partial charge in [0.1, 0.15) is 0 Å². The van der Waals surface area contributed by atoms with E-state index in [-0.39, 0.29) is 11.2 Å². The van der Waals surface area contributed by atoms with Gasteiger partial charge >= 0.3 is 0 Å². The molecule has 1 aromatic heterocycles. The first-order valence-electron chi connectivity index (χ1n) is 5.97. The van der Waals surface area contributed by atoms with Crippen molar-refractivity contribution >= 4 is 28.7 Å². The Morgan fingerprint density at radius 1 is 1.29 bits per heavy atom. The number of fused-ring (bicyclic) bond motifs is 1. The molecule has 0 spiro atoms. The molecule has 1 aromatic rings. The molecule has 0 aliphatic carbocycles. The summed E-state index contributed by atoms with van der Waals surface area (Å²) in [6.07, 6.45) is 1.92. The maximum absolute atomic E-state index is 12.3. The molecule has 1 aliphatic rings. The summed E-state index contributed by atoms with van der Waals surface area (Å²) in [4.78, 5) is 14.3. The summed E-state index contributed by atoms with van der Waals surface area (Å²) < 4.78 is 0. The van der Waals surface area contributed by atoms with Gasteiger partial charge in [-0.1, -0.05) is 32.4 Å². The minimum Gasteiger partial charge on any atom is -0.316 e. The topological polar surface area (TPSA) is 29.1 Å². The molecule has 94 valence electrons. The van der Waals surface area contributed by atoms with Gasteiger partial charge in [-0.25, -0.2) is 0 Å². The minimum atomic E-state index is -0.356. The van der Waals surface area contributed by atoms with Crippen molar-refractivity contribution in [3.63, 3.8) is 0 Å². The second kappa shape index (κ2) is 4.71. The monoisotopic (exact) mass is 271 g/mol. The Bertz CT molecular complexity index is 445. The van der Waals surface area contributed by atoms with Gasteiger partial charge < -0.3 is 5.32 Å². The van der Waals surface area contributed by atoms with Gasteiger partial charge in [-0.2, -0.15) is 0 Å². The van der Waals surface area contributed by atoms with E-state index in [4.69, 9.17) is 11.6 Å². The molecule has 17 heavy (non-hydrogen) atoms. The predicted octanol–water partition coefficient (Wildman–Crippen LogP) is 3.32. The van der Waals surface area contributed by atoms with Gasteiger partial charge in [0.15, 0.2) is 5.78 Å². The van der Waals surface area contributed by atoms with E-state index in [1.54, 1.807) is 11.3 Å². The summed E-state index contributed by atoms with van der Waals surface area (Å²) in [5, 5.41) is 4.05. The molecular weight excluding hydrogens is 254 g/mol. The van der Waals surface area contributed by atoms with Crippen molar-refractivity contribution in [3.8, 4) is 0 Å². The van der Waals surface area contributed by atoms with Crippen LogP contribution in [0, 0.1) is 5.41 Å². The van der Waals surface area contributed by atoms with Gasteiger partial charge in [0.05, 0.1) is 9.90 Å². The number of carbonyl (C=O) groups is 1. The highest BCUT2D eigenvalue weighted by molar-refractivity contribution is 7.15. The number of thiophene rings is 1. The fourth-order valence-corrected chi connectivity index (χ4v) is 3.82. The molecule has 0 amide bonds. The van der Waals surface area contributed by atoms with Crippen LogP contribution in [0.4, 0.5) is 0 Å². The van der Waals surface area contributed by atoms with Crippen molar-refractivity contribution in [1.82, 2.24) is 5.32 Å². The molecule has 0 aromatic carbocycles. The third-order valence-corrected chi connectivity index (χ3v) is 4.81. The molecule has 1 aliphatic heterocycles. The first-order valence-corrected chi connectivity index (χ1v) is 7.16. The Hall–Kier alpha value is -0.380. The quantitative estimate of drug-likeness (QED) is 0.794. The Morgan fingerprint density at radius 3 is 2.59 bits per heavy atom. The van der Waals surface area contributed by atoms with E-state index in [2.05, 4.69) is 5.32 Å². The van der Waals surface area contributed by atoms with Crippen molar-refractivity contribution < 1.29 is 4.79 Å². The lowest BCUT2D eigenvalue weighted by Crippen LogP contribution is -2.20. The maximum atomic E-state index is 12.3. The van der Waals surface area contributed by atoms with Crippen LogP contribution in [0.2, 0.25) is 5.02 Å². The second-order valence-corrected chi connectivity index (χ2v) is 6.96. The van der Waals surface area contributed by atoms with Crippen LogP contribution in [0.25, 0.3) is 0 Å². The minimum absolute atomic E-state index is 0.161. The number of Topliss-reactive ketones (excluding diaryl/α,β-unsaturated/α-hetero) is 1. The van der Waals surface area contributed by atoms with E-state index in [9.17, 15) is 4.79 Å². The molecule has 2 nitrogen and oxygen atoms in total. The molecule has 0 saturated heterocycles. The molecule has 0 radical (unpaired) electrons. The summed E-state index contributed by atoms with van der Waals surface area (Å²) in [6, 6.07) is 0. The number of halogens is 1. The molecule has 2 rings (SSSR count). The zero-order chi connectivity index (χ0) is 12.6. The van der Waals surface area contributed by atoms with E-state index < -0.39 is 0 Å². The lowest BCUT2D eigenvalue weighted by molar-refractivity contribution is 0.0863. The molecular formula is C13H18ClNOS. The summed E-state index contributed by atoms with van der Waals surface area (Å²) >= 11 is 7.97. The predicted molar refractivity (Wildman–Crippen MR) is 73.4 cm³/mol. The fourth-order valence-electron chi connectivity index (χ4n) is 1.97. The van der Waals surface area contributed by atoms with Crippen LogP contribution >= 0.6 is 22.9 Å². The van der Waals surface area contributed by atoms with Crippen LogP contribution in [0.1, 0.15) is 40.9 Å². The van der Waals surface area contributed by atoms with E-state index in [0.717, 1.165) is 30.8 Å². The molecule has 2 heterocycles. The van der Waals surface area contributed by atoms with Gasteiger partial charge in [-0.15, -0.1) is 11.3 Å². The van der Waals surface area contributed by atoms with E-state index in [0.29, 0.717) is 5.02 Å². The van der Waals surface area contributed by atoms with E-state index >= 15 is 0 Å². The summed E-state index contributed by atoms with van der Waals surface area (Å²) in [5.41, 5.74) is 0.833. The molecule has 0 saturated carbocycles. The molecule has 4 heteroatoms. The van der Waals surface area contributed by atoms with Crippen LogP contribution in [0.5, 0.6) is 0 Å². The second-order valence-electron chi connectivity index (χ2n) is 5.48. The number of hydrogen-bond acceptors (Lipinski definition) is 3. The van der Waals surface area contributed by atoms with Crippen LogP contribution in [-0.2, 0) is 12.8 Å². The van der Waals surface area contributed by atoms with Crippen molar-refractivity contribution in [1.29, 1.82) is 0 Å². The molecule has 0 unspecified atom stereocenters. The number of ketones is 1. The largest absolute Gasteiger partial charge is 0.316 e. The number of hydrogen-bond donors (Lipinski definition) is 1. The van der Waals surface area contributed by atoms with E-state index in [1.165, 1.54) is 10.4 Å². The van der Waals surface area contributed by atoms with E-state index in [1.807, 2.05) is 20.8 Å². The highest BCUT2D eigenvalue weighted by Gasteiger charge is 2.29. The highest BCUT2D eigenvalue weighted by Crippen LogP contribution is 2.37. The van der Waals surface area contributed by atoms with Gasteiger partial charge in [-0.3, -0.25) is 4.79 Å². The number of rotatable bonds is 1. The van der Waals surface area contributed by atoms with Crippen molar-refractivity contribution in [2.45, 2.75) is 33.6 Å². The third-order valence-electron chi connectivity index (χ3n) is 2.99. The normalized spacial score (nSPS) is 16.5. The lowest BCUT2D eigenvalue weighted by Gasteiger charge is -2.15. The average Bonchev–Trinajstić information content (AvgIpc) is 2.45. The zero-order valence-electron chi connectivity index (χ0n) is 10.5. The van der Waals surface area contributed by atoms with Gasteiger partial charge in [0, 0.05) is 10.3 Å².